The predicted molar refractivity (Wildman–Crippen MR) is 108 cm³/mol. The molecular formula is C20H21F4N3O4S. The van der Waals surface area contributed by atoms with Crippen LogP contribution in [0.2, 0.25) is 0 Å². The van der Waals surface area contributed by atoms with E-state index < -0.39 is 45.6 Å². The summed E-state index contributed by atoms with van der Waals surface area (Å²) in [4.78, 5) is 13.8. The standard InChI is InChI=1S/C20H21F4N3O4S/c1-25-32(29,30)15-4-5-18(21)16(11-15)19(28)26-12-13-2-3-14(10-17(13)20(22,23)24)27-6-8-31-9-7-27/h2-5,10-11,25H,6-9,12H2,1H3,(H,26,28). The van der Waals surface area contributed by atoms with Gasteiger partial charge in [-0.1, -0.05) is 6.07 Å². The van der Waals surface area contributed by atoms with Gasteiger partial charge in [0.1, 0.15) is 5.82 Å². The zero-order valence-electron chi connectivity index (χ0n) is 17.0. The molecule has 0 radical (unpaired) electrons. The highest BCUT2D eigenvalue weighted by Crippen LogP contribution is 2.35. The number of alkyl halides is 3. The van der Waals surface area contributed by atoms with Gasteiger partial charge in [-0.3, -0.25) is 4.79 Å². The van der Waals surface area contributed by atoms with Crippen molar-refractivity contribution in [2.24, 2.45) is 0 Å². The minimum atomic E-state index is -4.67. The Balaban J connectivity index is 1.83. The maximum Gasteiger partial charge on any atom is 0.416 e. The van der Waals surface area contributed by atoms with Crippen LogP contribution in [0.5, 0.6) is 0 Å². The lowest BCUT2D eigenvalue weighted by Crippen LogP contribution is -2.36. The molecule has 7 nitrogen and oxygen atoms in total. The fourth-order valence-corrected chi connectivity index (χ4v) is 3.99. The summed E-state index contributed by atoms with van der Waals surface area (Å²) in [5.41, 5.74) is -1.34. The summed E-state index contributed by atoms with van der Waals surface area (Å²) in [5, 5.41) is 2.24. The molecule has 0 saturated carbocycles. The Labute approximate surface area is 182 Å². The lowest BCUT2D eigenvalue weighted by molar-refractivity contribution is -0.138. The smallest absolute Gasteiger partial charge is 0.378 e. The van der Waals surface area contributed by atoms with Crippen molar-refractivity contribution in [2.75, 3.05) is 38.3 Å². The number of ether oxygens (including phenoxy) is 1. The first kappa shape index (κ1) is 24.0. The molecule has 0 aliphatic carbocycles. The fraction of sp³-hybridized carbons (Fsp3) is 0.350. The molecule has 0 spiro atoms. The van der Waals surface area contributed by atoms with Crippen LogP contribution in [0.4, 0.5) is 23.2 Å². The highest BCUT2D eigenvalue weighted by Gasteiger charge is 2.34. The third-order valence-corrected chi connectivity index (χ3v) is 6.39. The first-order chi connectivity index (χ1) is 15.0. The molecule has 2 aromatic rings. The van der Waals surface area contributed by atoms with E-state index in [4.69, 9.17) is 4.74 Å². The Morgan fingerprint density at radius 3 is 2.44 bits per heavy atom. The third kappa shape index (κ3) is 5.37. The number of carbonyl (C=O) groups is 1. The average Bonchev–Trinajstić information content (AvgIpc) is 2.77. The minimum absolute atomic E-state index is 0.206. The molecule has 1 aliphatic heterocycles. The molecule has 3 rings (SSSR count). The number of halogens is 4. The Hall–Kier alpha value is -2.70. The van der Waals surface area contributed by atoms with Crippen molar-refractivity contribution in [3.8, 4) is 0 Å². The van der Waals surface area contributed by atoms with Gasteiger partial charge in [0.05, 0.1) is 29.2 Å². The lowest BCUT2D eigenvalue weighted by Gasteiger charge is -2.29. The Morgan fingerprint density at radius 1 is 1.12 bits per heavy atom. The second-order valence-electron chi connectivity index (χ2n) is 6.97. The van der Waals surface area contributed by atoms with Crippen LogP contribution in [0.25, 0.3) is 0 Å². The van der Waals surface area contributed by atoms with E-state index in [-0.39, 0.29) is 10.5 Å². The van der Waals surface area contributed by atoms with E-state index in [0.29, 0.717) is 32.0 Å². The molecule has 2 aromatic carbocycles. The van der Waals surface area contributed by atoms with Crippen LogP contribution in [0, 0.1) is 5.82 Å². The van der Waals surface area contributed by atoms with Gasteiger partial charge in [-0.05, 0) is 42.9 Å². The van der Waals surface area contributed by atoms with Gasteiger partial charge in [0, 0.05) is 25.3 Å². The van der Waals surface area contributed by atoms with E-state index in [1.807, 2.05) is 4.72 Å². The topological polar surface area (TPSA) is 87.7 Å². The first-order valence-corrected chi connectivity index (χ1v) is 11.1. The van der Waals surface area contributed by atoms with Crippen molar-refractivity contribution >= 4 is 21.6 Å². The Morgan fingerprint density at radius 2 is 1.81 bits per heavy atom. The normalized spacial score (nSPS) is 15.0. The van der Waals surface area contributed by atoms with Crippen LogP contribution in [0.1, 0.15) is 21.5 Å². The number of rotatable bonds is 6. The van der Waals surface area contributed by atoms with Crippen molar-refractivity contribution in [1.82, 2.24) is 10.0 Å². The van der Waals surface area contributed by atoms with E-state index in [0.717, 1.165) is 31.3 Å². The van der Waals surface area contributed by atoms with E-state index in [1.165, 1.54) is 12.1 Å². The van der Waals surface area contributed by atoms with Crippen LogP contribution in [0.3, 0.4) is 0 Å². The zero-order valence-corrected chi connectivity index (χ0v) is 17.8. The number of nitrogens with zero attached hydrogens (tertiary/aromatic N) is 1. The van der Waals surface area contributed by atoms with Crippen molar-refractivity contribution in [3.05, 3.63) is 58.9 Å². The number of morpholine rings is 1. The Kier molecular flexibility index (Phi) is 7.06. The van der Waals surface area contributed by atoms with Crippen molar-refractivity contribution in [1.29, 1.82) is 0 Å². The van der Waals surface area contributed by atoms with Gasteiger partial charge in [0.15, 0.2) is 0 Å². The van der Waals surface area contributed by atoms with Crippen molar-refractivity contribution in [3.63, 3.8) is 0 Å². The van der Waals surface area contributed by atoms with E-state index >= 15 is 0 Å². The van der Waals surface area contributed by atoms with Crippen LogP contribution in [0.15, 0.2) is 41.3 Å². The highest BCUT2D eigenvalue weighted by atomic mass is 32.2. The molecule has 0 aromatic heterocycles. The summed E-state index contributed by atoms with van der Waals surface area (Å²) >= 11 is 0. The number of sulfonamides is 1. The summed E-state index contributed by atoms with van der Waals surface area (Å²) in [6.07, 6.45) is -4.67. The van der Waals surface area contributed by atoms with Gasteiger partial charge in [0.2, 0.25) is 10.0 Å². The highest BCUT2D eigenvalue weighted by molar-refractivity contribution is 7.89. The van der Waals surface area contributed by atoms with Gasteiger partial charge in [-0.25, -0.2) is 17.5 Å². The quantitative estimate of drug-likeness (QED) is 0.627. The summed E-state index contributed by atoms with van der Waals surface area (Å²) in [6.45, 7) is 1.21. The second kappa shape index (κ2) is 9.43. The lowest BCUT2D eigenvalue weighted by atomic mass is 10.0. The molecule has 1 fully saturated rings. The second-order valence-corrected chi connectivity index (χ2v) is 8.86. The molecule has 2 N–H and O–H groups in total. The van der Waals surface area contributed by atoms with Gasteiger partial charge in [0.25, 0.3) is 5.91 Å². The molecule has 0 unspecified atom stereocenters. The molecule has 0 bridgehead atoms. The number of carbonyl (C=O) groups excluding carboxylic acids is 1. The summed E-state index contributed by atoms with van der Waals surface area (Å²) in [5.74, 6) is -2.04. The van der Waals surface area contributed by atoms with Crippen molar-refractivity contribution in [2.45, 2.75) is 17.6 Å². The molecule has 1 amide bonds. The molecule has 1 heterocycles. The fourth-order valence-electron chi connectivity index (χ4n) is 3.23. The predicted octanol–water partition coefficient (Wildman–Crippen LogP) is 2.52. The van der Waals surface area contributed by atoms with E-state index in [2.05, 4.69) is 5.32 Å². The van der Waals surface area contributed by atoms with Crippen LogP contribution in [-0.4, -0.2) is 47.7 Å². The summed E-state index contributed by atoms with van der Waals surface area (Å²) < 4.78 is 86.0. The summed E-state index contributed by atoms with van der Waals surface area (Å²) in [7, 11) is -2.79. The van der Waals surface area contributed by atoms with Crippen molar-refractivity contribution < 1.29 is 35.5 Å². The van der Waals surface area contributed by atoms with Gasteiger partial charge in [-0.2, -0.15) is 13.2 Å². The van der Waals surface area contributed by atoms with E-state index in [1.54, 1.807) is 4.90 Å². The molecule has 0 atom stereocenters. The Bertz CT molecular complexity index is 1100. The maximum atomic E-state index is 14.1. The first-order valence-electron chi connectivity index (χ1n) is 9.57. The number of anilines is 1. The number of benzene rings is 2. The van der Waals surface area contributed by atoms with Gasteiger partial charge in [-0.15, -0.1) is 0 Å². The molecule has 32 heavy (non-hydrogen) atoms. The van der Waals surface area contributed by atoms with E-state index in [9.17, 15) is 30.8 Å². The average molecular weight is 475 g/mol. The van der Waals surface area contributed by atoms with Crippen LogP contribution in [-0.2, 0) is 27.5 Å². The molecule has 1 saturated heterocycles. The zero-order chi connectivity index (χ0) is 23.5. The third-order valence-electron chi connectivity index (χ3n) is 4.98. The molecule has 174 valence electrons. The number of hydrogen-bond donors (Lipinski definition) is 2. The van der Waals surface area contributed by atoms with Crippen LogP contribution < -0.4 is 14.9 Å². The number of hydrogen-bond acceptors (Lipinski definition) is 5. The SMILES string of the molecule is CNS(=O)(=O)c1ccc(F)c(C(=O)NCc2ccc(N3CCOCC3)cc2C(F)(F)F)c1. The maximum absolute atomic E-state index is 14.1. The minimum Gasteiger partial charge on any atom is -0.378 e. The molecular weight excluding hydrogens is 454 g/mol. The number of nitrogens with one attached hydrogen (secondary N) is 2. The molecule has 1 aliphatic rings. The summed E-state index contributed by atoms with van der Waals surface area (Å²) in [6, 6.07) is 6.38. The van der Waals surface area contributed by atoms with Crippen LogP contribution >= 0.6 is 0 Å². The largest absolute Gasteiger partial charge is 0.416 e. The van der Waals surface area contributed by atoms with Gasteiger partial charge >= 0.3 is 6.18 Å². The van der Waals surface area contributed by atoms with Gasteiger partial charge < -0.3 is 15.0 Å². The number of amides is 1. The molecule has 12 heteroatoms. The monoisotopic (exact) mass is 475 g/mol.